The molecular weight excluding hydrogens is 395 g/mol. The maximum absolute atomic E-state index is 12.6. The maximum Gasteiger partial charge on any atom is 0.380 e. The van der Waals surface area contributed by atoms with E-state index in [0.717, 1.165) is 16.5 Å². The smallest absolute Gasteiger partial charge is 0.380 e. The number of fused-ring (bicyclic) bond motifs is 1. The van der Waals surface area contributed by atoms with Crippen molar-refractivity contribution in [1.29, 1.82) is 0 Å². The topological polar surface area (TPSA) is 57.9 Å². The van der Waals surface area contributed by atoms with Crippen LogP contribution >= 0.6 is 6.72 Å². The van der Waals surface area contributed by atoms with Crippen LogP contribution in [0.1, 0.15) is 30.5 Å². The van der Waals surface area contributed by atoms with E-state index in [-0.39, 0.29) is 5.63 Å². The van der Waals surface area contributed by atoms with Crippen LogP contribution in [0.5, 0.6) is 5.75 Å². The molecule has 0 aliphatic rings. The summed E-state index contributed by atoms with van der Waals surface area (Å²) in [6, 6.07) is 15.2. The molecule has 7 heteroatoms. The molecule has 0 bridgehead atoms. The Hall–Kier alpha value is -1.98. The van der Waals surface area contributed by atoms with Crippen molar-refractivity contribution in [2.75, 3.05) is 13.2 Å². The molecule has 28 heavy (non-hydrogen) atoms. The molecule has 148 valence electrons. The van der Waals surface area contributed by atoms with Gasteiger partial charge in [-0.3, -0.25) is 9.05 Å². The average Bonchev–Trinajstić information content (AvgIpc) is 2.66. The molecule has 0 amide bonds. The summed E-state index contributed by atoms with van der Waals surface area (Å²) in [5.41, 5.74) is 2.72. The SMILES string of the molecule is CCOP(=S)(OCC)Oc1ccc2c(C)c(Cc3ccccc3)c(=O)oc2c1. The Kier molecular flexibility index (Phi) is 6.68. The van der Waals surface area contributed by atoms with Gasteiger partial charge in [0.05, 0.1) is 13.2 Å². The van der Waals surface area contributed by atoms with Crippen LogP contribution in [0.3, 0.4) is 0 Å². The van der Waals surface area contributed by atoms with E-state index in [1.165, 1.54) is 0 Å². The lowest BCUT2D eigenvalue weighted by Crippen LogP contribution is -2.11. The van der Waals surface area contributed by atoms with Crippen LogP contribution in [0.2, 0.25) is 0 Å². The fourth-order valence-corrected chi connectivity index (χ4v) is 5.05. The van der Waals surface area contributed by atoms with E-state index < -0.39 is 6.72 Å². The number of hydrogen-bond donors (Lipinski definition) is 0. The third kappa shape index (κ3) is 4.70. The number of benzene rings is 2. The second-order valence-electron chi connectivity index (χ2n) is 6.19. The van der Waals surface area contributed by atoms with E-state index in [4.69, 9.17) is 29.8 Å². The zero-order chi connectivity index (χ0) is 20.1. The molecule has 0 saturated carbocycles. The Morgan fingerprint density at radius 3 is 2.36 bits per heavy atom. The molecule has 3 aromatic rings. The van der Waals surface area contributed by atoms with Crippen LogP contribution in [0, 0.1) is 6.92 Å². The van der Waals surface area contributed by atoms with Crippen LogP contribution in [0.4, 0.5) is 0 Å². The minimum Gasteiger partial charge on any atom is -0.424 e. The van der Waals surface area contributed by atoms with E-state index in [2.05, 4.69) is 0 Å². The summed E-state index contributed by atoms with van der Waals surface area (Å²) in [6.07, 6.45) is 0.526. The maximum atomic E-state index is 12.6. The van der Waals surface area contributed by atoms with Gasteiger partial charge in [-0.15, -0.1) is 0 Å². The van der Waals surface area contributed by atoms with Crippen LogP contribution < -0.4 is 10.1 Å². The van der Waals surface area contributed by atoms with Crippen LogP contribution in [-0.4, -0.2) is 13.2 Å². The summed E-state index contributed by atoms with van der Waals surface area (Å²) >= 11 is 5.40. The Bertz CT molecular complexity index is 1050. The second-order valence-corrected chi connectivity index (χ2v) is 9.12. The second kappa shape index (κ2) is 9.01. The van der Waals surface area contributed by atoms with Gasteiger partial charge in [0, 0.05) is 35.2 Å². The first-order chi connectivity index (χ1) is 13.5. The van der Waals surface area contributed by atoms with Crippen LogP contribution in [0.25, 0.3) is 11.0 Å². The van der Waals surface area contributed by atoms with Crippen molar-refractivity contribution in [2.24, 2.45) is 0 Å². The van der Waals surface area contributed by atoms with E-state index in [9.17, 15) is 4.79 Å². The van der Waals surface area contributed by atoms with Crippen LogP contribution in [-0.2, 0) is 27.3 Å². The first-order valence-corrected chi connectivity index (χ1v) is 11.7. The minimum absolute atomic E-state index is 0.347. The van der Waals surface area contributed by atoms with Crippen molar-refractivity contribution >= 4 is 29.5 Å². The number of rotatable bonds is 8. The summed E-state index contributed by atoms with van der Waals surface area (Å²) < 4.78 is 22.4. The Morgan fingerprint density at radius 1 is 1.04 bits per heavy atom. The highest BCUT2D eigenvalue weighted by Gasteiger charge is 2.22. The van der Waals surface area contributed by atoms with E-state index in [0.29, 0.717) is 36.5 Å². The van der Waals surface area contributed by atoms with E-state index in [1.807, 2.05) is 57.2 Å². The van der Waals surface area contributed by atoms with Gasteiger partial charge in [-0.1, -0.05) is 30.3 Å². The van der Waals surface area contributed by atoms with Crippen molar-refractivity contribution in [3.8, 4) is 5.75 Å². The standard InChI is InChI=1S/C21H23O5PS/c1-4-23-27(28,24-5-2)26-17-11-12-18-15(3)19(21(22)25-20(18)14-17)13-16-9-7-6-8-10-16/h6-12,14H,4-5,13H2,1-3H3. The summed E-state index contributed by atoms with van der Waals surface area (Å²) in [5, 5.41) is 0.860. The van der Waals surface area contributed by atoms with Crippen molar-refractivity contribution in [1.82, 2.24) is 0 Å². The lowest BCUT2D eigenvalue weighted by molar-refractivity contribution is 0.218. The van der Waals surface area contributed by atoms with Crippen molar-refractivity contribution < 1.29 is 18.0 Å². The highest BCUT2D eigenvalue weighted by atomic mass is 32.5. The number of hydrogen-bond acceptors (Lipinski definition) is 6. The summed E-state index contributed by atoms with van der Waals surface area (Å²) in [7, 11) is 0. The minimum atomic E-state index is -2.88. The predicted octanol–water partition coefficient (Wildman–Crippen LogP) is 5.37. The Morgan fingerprint density at radius 2 is 1.71 bits per heavy atom. The molecule has 0 spiro atoms. The molecule has 0 fully saturated rings. The number of aryl methyl sites for hydroxylation is 1. The van der Waals surface area contributed by atoms with Gasteiger partial charge < -0.3 is 8.94 Å². The molecule has 3 rings (SSSR count). The normalized spacial score (nSPS) is 11.7. The van der Waals surface area contributed by atoms with Gasteiger partial charge in [-0.05, 0) is 44.0 Å². The fraction of sp³-hybridized carbons (Fsp3) is 0.286. The molecule has 0 N–H and O–H groups in total. The monoisotopic (exact) mass is 418 g/mol. The summed E-state index contributed by atoms with van der Waals surface area (Å²) in [5.74, 6) is 0.455. The van der Waals surface area contributed by atoms with Gasteiger partial charge in [0.25, 0.3) is 0 Å². The van der Waals surface area contributed by atoms with Gasteiger partial charge in [-0.25, -0.2) is 4.79 Å². The molecular formula is C21H23O5PS. The highest BCUT2D eigenvalue weighted by Crippen LogP contribution is 2.50. The molecule has 0 unspecified atom stereocenters. The summed E-state index contributed by atoms with van der Waals surface area (Å²) in [4.78, 5) is 12.6. The quantitative estimate of drug-likeness (QED) is 0.362. The molecule has 0 aliphatic carbocycles. The van der Waals surface area contributed by atoms with Crippen LogP contribution in [0.15, 0.2) is 57.7 Å². The third-order valence-corrected chi connectivity index (χ3v) is 6.71. The first kappa shape index (κ1) is 20.7. The average molecular weight is 418 g/mol. The van der Waals surface area contributed by atoms with Gasteiger partial charge in [-0.2, -0.15) is 0 Å². The van der Waals surface area contributed by atoms with Gasteiger partial charge in [0.15, 0.2) is 0 Å². The highest BCUT2D eigenvalue weighted by molar-refractivity contribution is 8.07. The molecule has 1 aromatic heterocycles. The predicted molar refractivity (Wildman–Crippen MR) is 115 cm³/mol. The molecule has 1 heterocycles. The molecule has 2 aromatic carbocycles. The van der Waals surface area contributed by atoms with Gasteiger partial charge in [0.1, 0.15) is 11.3 Å². The molecule has 0 atom stereocenters. The van der Waals surface area contributed by atoms with Crippen molar-refractivity contribution in [2.45, 2.75) is 27.2 Å². The van der Waals surface area contributed by atoms with Gasteiger partial charge >= 0.3 is 12.3 Å². The van der Waals surface area contributed by atoms with Gasteiger partial charge in [0.2, 0.25) is 0 Å². The zero-order valence-electron chi connectivity index (χ0n) is 16.1. The molecule has 5 nitrogen and oxygen atoms in total. The summed E-state index contributed by atoms with van der Waals surface area (Å²) in [6.45, 7) is 3.50. The lowest BCUT2D eigenvalue weighted by atomic mass is 10.00. The zero-order valence-corrected chi connectivity index (χ0v) is 17.8. The largest absolute Gasteiger partial charge is 0.424 e. The molecule has 0 radical (unpaired) electrons. The fourth-order valence-electron chi connectivity index (χ4n) is 2.97. The van der Waals surface area contributed by atoms with Crippen molar-refractivity contribution in [3.05, 3.63) is 75.6 Å². The first-order valence-electron chi connectivity index (χ1n) is 9.14. The molecule has 0 aliphatic heterocycles. The van der Waals surface area contributed by atoms with E-state index >= 15 is 0 Å². The Balaban J connectivity index is 1.96. The lowest BCUT2D eigenvalue weighted by Gasteiger charge is -2.21. The Labute approximate surface area is 169 Å². The van der Waals surface area contributed by atoms with Crippen molar-refractivity contribution in [3.63, 3.8) is 0 Å². The third-order valence-electron chi connectivity index (χ3n) is 4.27. The van der Waals surface area contributed by atoms with E-state index in [1.54, 1.807) is 12.1 Å². The molecule has 0 saturated heterocycles.